The zero-order valence-electron chi connectivity index (χ0n) is 18.3. The van der Waals surface area contributed by atoms with E-state index >= 15 is 0 Å². The van der Waals surface area contributed by atoms with E-state index in [0.717, 1.165) is 60.0 Å². The number of ether oxygens (including phenoxy) is 1. The minimum Gasteiger partial charge on any atom is -0.451 e. The van der Waals surface area contributed by atoms with Crippen molar-refractivity contribution in [3.63, 3.8) is 0 Å². The van der Waals surface area contributed by atoms with Gasteiger partial charge in [0.25, 0.3) is 5.91 Å². The van der Waals surface area contributed by atoms with Crippen LogP contribution in [-0.4, -0.2) is 32.2 Å². The number of carbonyl (C=O) groups excluding carboxylic acids is 1. The second kappa shape index (κ2) is 10.1. The van der Waals surface area contributed by atoms with Crippen molar-refractivity contribution in [3.05, 3.63) is 95.7 Å². The molecule has 1 aliphatic rings. The maximum absolute atomic E-state index is 13.2. The van der Waals surface area contributed by atoms with Crippen LogP contribution in [0.25, 0.3) is 11.0 Å². The fourth-order valence-electron chi connectivity index (χ4n) is 4.04. The number of nitrogens with one attached hydrogen (secondary N) is 1. The molecule has 5 rings (SSSR count). The smallest absolute Gasteiger partial charge is 0.291 e. The number of hydrogen-bond acceptors (Lipinski definition) is 5. The van der Waals surface area contributed by atoms with E-state index in [1.165, 1.54) is 5.56 Å². The van der Waals surface area contributed by atoms with E-state index in [1.807, 2.05) is 66.7 Å². The molecule has 1 saturated heterocycles. The molecule has 1 fully saturated rings. The van der Waals surface area contributed by atoms with Gasteiger partial charge in [0.05, 0.1) is 13.2 Å². The summed E-state index contributed by atoms with van der Waals surface area (Å²) in [6.45, 7) is 3.26. The van der Waals surface area contributed by atoms with Gasteiger partial charge in [0.15, 0.2) is 5.76 Å². The molecule has 6 heteroatoms. The van der Waals surface area contributed by atoms with Gasteiger partial charge in [-0.2, -0.15) is 11.8 Å². The van der Waals surface area contributed by atoms with E-state index in [2.05, 4.69) is 22.3 Å². The zero-order chi connectivity index (χ0) is 22.5. The molecule has 0 saturated carbocycles. The molecule has 0 radical (unpaired) electrons. The van der Waals surface area contributed by atoms with Gasteiger partial charge in [-0.3, -0.25) is 4.79 Å². The number of benzene rings is 3. The number of thioether (sulfide) groups is 1. The predicted octanol–water partition coefficient (Wildman–Crippen LogP) is 5.96. The Bertz CT molecular complexity index is 1220. The highest BCUT2D eigenvalue weighted by atomic mass is 32.2. The normalized spacial score (nSPS) is 13.9. The molecule has 3 aromatic carbocycles. The average Bonchev–Trinajstić information content (AvgIpc) is 3.25. The Morgan fingerprint density at radius 2 is 1.61 bits per heavy atom. The third-order valence-corrected chi connectivity index (χ3v) is 6.79. The number of rotatable bonds is 7. The van der Waals surface area contributed by atoms with Crippen LogP contribution in [0.4, 0.5) is 11.4 Å². The van der Waals surface area contributed by atoms with Crippen LogP contribution in [0.3, 0.4) is 0 Å². The van der Waals surface area contributed by atoms with Crippen LogP contribution in [-0.2, 0) is 16.2 Å². The molecule has 0 unspecified atom stereocenters. The summed E-state index contributed by atoms with van der Waals surface area (Å²) in [6.07, 6.45) is 0. The standard InChI is InChI=1S/C27H26N2O3S/c30-27(28-21-10-12-22(13-11-21)29-14-16-31-17-15-29)26-24(23-8-4-5-9-25(23)32-26)19-33-18-20-6-2-1-3-7-20/h1-13H,14-19H2,(H,28,30). The lowest BCUT2D eigenvalue weighted by molar-refractivity contribution is 0.0998. The fourth-order valence-corrected chi connectivity index (χ4v) is 5.06. The van der Waals surface area contributed by atoms with Crippen molar-refractivity contribution >= 4 is 40.0 Å². The molecule has 0 spiro atoms. The number of carbonyl (C=O) groups is 1. The van der Waals surface area contributed by atoms with Gasteiger partial charge in [0.2, 0.25) is 0 Å². The van der Waals surface area contributed by atoms with Crippen LogP contribution >= 0.6 is 11.8 Å². The number of para-hydroxylation sites is 1. The van der Waals surface area contributed by atoms with Gasteiger partial charge >= 0.3 is 0 Å². The highest BCUT2D eigenvalue weighted by Gasteiger charge is 2.21. The molecular formula is C27H26N2O3S. The Balaban J connectivity index is 1.31. The molecule has 0 aliphatic carbocycles. The molecule has 4 aromatic rings. The maximum atomic E-state index is 13.2. The van der Waals surface area contributed by atoms with Crippen molar-refractivity contribution < 1.29 is 13.9 Å². The summed E-state index contributed by atoms with van der Waals surface area (Å²) in [5.74, 6) is 1.74. The fraction of sp³-hybridized carbons (Fsp3) is 0.222. The summed E-state index contributed by atoms with van der Waals surface area (Å²) in [5, 5.41) is 4.00. The van der Waals surface area contributed by atoms with Crippen LogP contribution in [0.5, 0.6) is 0 Å². The van der Waals surface area contributed by atoms with Crippen LogP contribution in [0.15, 0.2) is 83.3 Å². The summed E-state index contributed by atoms with van der Waals surface area (Å²) in [5.41, 5.74) is 4.83. The lowest BCUT2D eigenvalue weighted by atomic mass is 10.1. The predicted molar refractivity (Wildman–Crippen MR) is 135 cm³/mol. The van der Waals surface area contributed by atoms with E-state index in [-0.39, 0.29) is 5.91 Å². The first kappa shape index (κ1) is 21.6. The molecule has 1 amide bonds. The SMILES string of the molecule is O=C(Nc1ccc(N2CCOCC2)cc1)c1oc2ccccc2c1CSCc1ccccc1. The largest absolute Gasteiger partial charge is 0.451 e. The van der Waals surface area contributed by atoms with E-state index < -0.39 is 0 Å². The molecule has 168 valence electrons. The van der Waals surface area contributed by atoms with Crippen molar-refractivity contribution in [1.82, 2.24) is 0 Å². The molecule has 5 nitrogen and oxygen atoms in total. The van der Waals surface area contributed by atoms with Gasteiger partial charge in [0, 0.05) is 46.9 Å². The second-order valence-electron chi connectivity index (χ2n) is 7.98. The monoisotopic (exact) mass is 458 g/mol. The number of nitrogens with zero attached hydrogens (tertiary/aromatic N) is 1. The van der Waals surface area contributed by atoms with Gasteiger partial charge in [0.1, 0.15) is 5.58 Å². The molecule has 0 bridgehead atoms. The van der Waals surface area contributed by atoms with Crippen LogP contribution in [0.2, 0.25) is 0 Å². The van der Waals surface area contributed by atoms with Gasteiger partial charge in [-0.05, 0) is 35.9 Å². The van der Waals surface area contributed by atoms with E-state index in [0.29, 0.717) is 11.5 Å². The lowest BCUT2D eigenvalue weighted by Crippen LogP contribution is -2.36. The Morgan fingerprint density at radius 1 is 0.879 bits per heavy atom. The molecular weight excluding hydrogens is 432 g/mol. The number of furan rings is 1. The summed E-state index contributed by atoms with van der Waals surface area (Å²) in [4.78, 5) is 15.5. The summed E-state index contributed by atoms with van der Waals surface area (Å²) < 4.78 is 11.4. The molecule has 0 atom stereocenters. The topological polar surface area (TPSA) is 54.7 Å². The van der Waals surface area contributed by atoms with Crippen molar-refractivity contribution in [3.8, 4) is 0 Å². The number of fused-ring (bicyclic) bond motifs is 1. The Kier molecular flexibility index (Phi) is 6.65. The molecule has 1 N–H and O–H groups in total. The second-order valence-corrected chi connectivity index (χ2v) is 8.97. The molecule has 1 aromatic heterocycles. The van der Waals surface area contributed by atoms with Gasteiger partial charge in [-0.15, -0.1) is 0 Å². The molecule has 33 heavy (non-hydrogen) atoms. The molecule has 1 aliphatic heterocycles. The third-order valence-electron chi connectivity index (χ3n) is 5.76. The summed E-state index contributed by atoms with van der Waals surface area (Å²) in [7, 11) is 0. The maximum Gasteiger partial charge on any atom is 0.291 e. The first-order valence-corrected chi connectivity index (χ1v) is 12.3. The first-order valence-electron chi connectivity index (χ1n) is 11.1. The van der Waals surface area contributed by atoms with Crippen molar-refractivity contribution in [2.75, 3.05) is 36.5 Å². The van der Waals surface area contributed by atoms with Crippen LogP contribution < -0.4 is 10.2 Å². The minimum absolute atomic E-state index is 0.222. The Hall–Kier alpha value is -3.22. The minimum atomic E-state index is -0.222. The highest BCUT2D eigenvalue weighted by molar-refractivity contribution is 7.97. The average molecular weight is 459 g/mol. The van der Waals surface area contributed by atoms with Gasteiger partial charge in [-0.25, -0.2) is 0 Å². The number of morpholine rings is 1. The van der Waals surface area contributed by atoms with Gasteiger partial charge < -0.3 is 19.4 Å². The third kappa shape index (κ3) is 5.07. The van der Waals surface area contributed by atoms with Crippen molar-refractivity contribution in [2.45, 2.75) is 11.5 Å². The highest BCUT2D eigenvalue weighted by Crippen LogP contribution is 2.31. The van der Waals surface area contributed by atoms with Gasteiger partial charge in [-0.1, -0.05) is 48.5 Å². The Labute approximate surface area is 197 Å². The van der Waals surface area contributed by atoms with Crippen LogP contribution in [0.1, 0.15) is 21.7 Å². The van der Waals surface area contributed by atoms with Crippen LogP contribution in [0, 0.1) is 0 Å². The van der Waals surface area contributed by atoms with Crippen molar-refractivity contribution in [1.29, 1.82) is 0 Å². The summed E-state index contributed by atoms with van der Waals surface area (Å²) >= 11 is 1.78. The number of anilines is 2. The van der Waals surface area contributed by atoms with E-state index in [4.69, 9.17) is 9.15 Å². The Morgan fingerprint density at radius 3 is 2.39 bits per heavy atom. The zero-order valence-corrected chi connectivity index (χ0v) is 19.1. The molecule has 2 heterocycles. The first-order chi connectivity index (χ1) is 16.3. The lowest BCUT2D eigenvalue weighted by Gasteiger charge is -2.28. The van der Waals surface area contributed by atoms with E-state index in [9.17, 15) is 4.79 Å². The number of amides is 1. The van der Waals surface area contributed by atoms with Crippen molar-refractivity contribution in [2.24, 2.45) is 0 Å². The quantitative estimate of drug-likeness (QED) is 0.371. The van der Waals surface area contributed by atoms with E-state index in [1.54, 1.807) is 11.8 Å². The number of hydrogen-bond donors (Lipinski definition) is 1. The summed E-state index contributed by atoms with van der Waals surface area (Å²) in [6, 6.07) is 26.2.